The first-order valence-electron chi connectivity index (χ1n) is 12.3. The third kappa shape index (κ3) is 5.76. The van der Waals surface area contributed by atoms with E-state index < -0.39 is 82.6 Å². The Kier molecular flexibility index (Phi) is 7.98. The zero-order chi connectivity index (χ0) is 25.5. The maximum Gasteiger partial charge on any atom is 0.415 e. The molecule has 0 aromatic rings. The van der Waals surface area contributed by atoms with Crippen molar-refractivity contribution in [3.05, 3.63) is 0 Å². The fourth-order valence-corrected chi connectivity index (χ4v) is 8.16. The third-order valence-electron chi connectivity index (χ3n) is 7.91. The highest BCUT2D eigenvalue weighted by atomic mass is 32.2. The van der Waals surface area contributed by atoms with Crippen LogP contribution in [0.25, 0.3) is 0 Å². The molecule has 4 fully saturated rings. The Morgan fingerprint density at radius 2 is 1.54 bits per heavy atom. The summed E-state index contributed by atoms with van der Waals surface area (Å²) in [6.07, 6.45) is -11.7. The van der Waals surface area contributed by atoms with Gasteiger partial charge in [-0.25, -0.2) is 21.6 Å². The van der Waals surface area contributed by atoms with Gasteiger partial charge in [-0.15, -0.1) is 0 Å². The Labute approximate surface area is 201 Å². The number of alkyl halides is 6. The molecule has 1 N–H and O–H groups in total. The maximum atomic E-state index is 14.2. The molecule has 6 atom stereocenters. The molecule has 1 saturated heterocycles. The zero-order valence-corrected chi connectivity index (χ0v) is 20.0. The number of hydrogen-bond acceptors (Lipinski definition) is 4. The molecule has 3 aliphatic carbocycles. The Morgan fingerprint density at radius 3 is 2.14 bits per heavy atom. The van der Waals surface area contributed by atoms with Crippen LogP contribution in [0.3, 0.4) is 0 Å². The molecule has 202 valence electrons. The SMILES string of the molecule is O=C(NC1CCC2OC(C(F)(F)F)CN(S(=O)(=O)C3CCC(F)CC3)C2C1)C1C(F)CCCC1F. The lowest BCUT2D eigenvalue weighted by Crippen LogP contribution is -2.64. The summed E-state index contributed by atoms with van der Waals surface area (Å²) < 4.78 is 116. The van der Waals surface area contributed by atoms with Crippen molar-refractivity contribution >= 4 is 15.9 Å². The predicted molar refractivity (Wildman–Crippen MR) is 114 cm³/mol. The van der Waals surface area contributed by atoms with Crippen molar-refractivity contribution in [2.24, 2.45) is 5.92 Å². The topological polar surface area (TPSA) is 75.7 Å². The van der Waals surface area contributed by atoms with Crippen LogP contribution < -0.4 is 5.32 Å². The number of morpholine rings is 1. The number of amides is 1. The van der Waals surface area contributed by atoms with Crippen LogP contribution in [0.1, 0.15) is 64.2 Å². The van der Waals surface area contributed by atoms with E-state index in [2.05, 4.69) is 5.32 Å². The minimum atomic E-state index is -4.77. The zero-order valence-electron chi connectivity index (χ0n) is 19.2. The number of ether oxygens (including phenoxy) is 1. The van der Waals surface area contributed by atoms with Crippen molar-refractivity contribution in [2.45, 2.75) is 118 Å². The van der Waals surface area contributed by atoms with E-state index in [4.69, 9.17) is 4.74 Å². The van der Waals surface area contributed by atoms with Crippen LogP contribution in [0, 0.1) is 5.92 Å². The standard InChI is InChI=1S/C22H32F6N2O4S/c23-12-4-7-14(8-5-12)35(32,33)30-11-19(22(26,27)28)34-18-9-6-13(10-17(18)30)29-21(31)20-15(24)2-1-3-16(20)25/h12-20H,1-11H2,(H,29,31). The molecule has 4 rings (SSSR count). The minimum Gasteiger partial charge on any atom is -0.362 e. The van der Waals surface area contributed by atoms with Crippen molar-refractivity contribution < 1.29 is 44.3 Å². The highest BCUT2D eigenvalue weighted by Gasteiger charge is 2.54. The van der Waals surface area contributed by atoms with E-state index in [1.807, 2.05) is 0 Å². The van der Waals surface area contributed by atoms with Gasteiger partial charge >= 0.3 is 6.18 Å². The number of nitrogens with zero attached hydrogens (tertiary/aromatic N) is 1. The molecule has 0 aromatic heterocycles. The summed E-state index contributed by atoms with van der Waals surface area (Å²) in [5.41, 5.74) is 0. The molecule has 1 amide bonds. The summed E-state index contributed by atoms with van der Waals surface area (Å²) >= 11 is 0. The molecular formula is C22H32F6N2O4S. The third-order valence-corrected chi connectivity index (χ3v) is 10.3. The van der Waals surface area contributed by atoms with Crippen LogP contribution in [-0.2, 0) is 19.6 Å². The molecule has 6 unspecified atom stereocenters. The van der Waals surface area contributed by atoms with Crippen LogP contribution in [0.15, 0.2) is 0 Å². The molecule has 0 radical (unpaired) electrons. The lowest BCUT2D eigenvalue weighted by molar-refractivity contribution is -0.259. The smallest absolute Gasteiger partial charge is 0.362 e. The fourth-order valence-electron chi connectivity index (χ4n) is 5.97. The molecular weight excluding hydrogens is 502 g/mol. The van der Waals surface area contributed by atoms with E-state index in [-0.39, 0.29) is 57.8 Å². The van der Waals surface area contributed by atoms with Crippen LogP contribution in [0.5, 0.6) is 0 Å². The average Bonchev–Trinajstić information content (AvgIpc) is 2.78. The number of halogens is 6. The van der Waals surface area contributed by atoms with E-state index in [1.165, 1.54) is 0 Å². The van der Waals surface area contributed by atoms with E-state index in [0.717, 1.165) is 4.31 Å². The van der Waals surface area contributed by atoms with Gasteiger partial charge < -0.3 is 10.1 Å². The molecule has 0 spiro atoms. The quantitative estimate of drug-likeness (QED) is 0.558. The maximum absolute atomic E-state index is 14.2. The summed E-state index contributed by atoms with van der Waals surface area (Å²) in [6.45, 7) is -0.912. The van der Waals surface area contributed by atoms with E-state index in [9.17, 15) is 39.6 Å². The van der Waals surface area contributed by atoms with Crippen LogP contribution in [0.2, 0.25) is 0 Å². The molecule has 35 heavy (non-hydrogen) atoms. The van der Waals surface area contributed by atoms with Gasteiger partial charge in [0.2, 0.25) is 15.9 Å². The summed E-state index contributed by atoms with van der Waals surface area (Å²) in [7, 11) is -4.21. The second kappa shape index (κ2) is 10.4. The van der Waals surface area contributed by atoms with Crippen molar-refractivity contribution in [3.8, 4) is 0 Å². The summed E-state index contributed by atoms with van der Waals surface area (Å²) in [5, 5.41) is 1.63. The molecule has 0 aromatic carbocycles. The lowest BCUT2D eigenvalue weighted by atomic mass is 9.83. The van der Waals surface area contributed by atoms with Gasteiger partial charge in [0, 0.05) is 12.6 Å². The van der Waals surface area contributed by atoms with Gasteiger partial charge in [0.05, 0.1) is 17.4 Å². The van der Waals surface area contributed by atoms with E-state index in [0.29, 0.717) is 6.42 Å². The van der Waals surface area contributed by atoms with Gasteiger partial charge in [0.1, 0.15) is 24.4 Å². The predicted octanol–water partition coefficient (Wildman–Crippen LogP) is 3.74. The minimum absolute atomic E-state index is 0.0204. The fraction of sp³-hybridized carbons (Fsp3) is 0.955. The summed E-state index contributed by atoms with van der Waals surface area (Å²) in [5.74, 6) is -2.25. The second-order valence-corrected chi connectivity index (χ2v) is 12.4. The first-order valence-corrected chi connectivity index (χ1v) is 13.8. The molecule has 13 heteroatoms. The largest absolute Gasteiger partial charge is 0.415 e. The number of rotatable bonds is 4. The number of fused-ring (bicyclic) bond motifs is 1. The number of carbonyl (C=O) groups is 1. The molecule has 1 heterocycles. The molecule has 1 aliphatic heterocycles. The van der Waals surface area contributed by atoms with Crippen molar-refractivity contribution in [3.63, 3.8) is 0 Å². The van der Waals surface area contributed by atoms with Gasteiger partial charge in [0.15, 0.2) is 6.10 Å². The Balaban J connectivity index is 1.51. The average molecular weight is 535 g/mol. The molecule has 6 nitrogen and oxygen atoms in total. The van der Waals surface area contributed by atoms with Crippen molar-refractivity contribution in [2.75, 3.05) is 6.54 Å². The molecule has 3 saturated carbocycles. The number of sulfonamides is 1. The first kappa shape index (κ1) is 27.0. The van der Waals surface area contributed by atoms with E-state index >= 15 is 0 Å². The number of nitrogens with one attached hydrogen (secondary N) is 1. The van der Waals surface area contributed by atoms with Crippen molar-refractivity contribution in [1.29, 1.82) is 0 Å². The monoisotopic (exact) mass is 534 g/mol. The van der Waals surface area contributed by atoms with Gasteiger partial charge in [-0.1, -0.05) is 0 Å². The van der Waals surface area contributed by atoms with Crippen molar-refractivity contribution in [1.82, 2.24) is 9.62 Å². The Bertz CT molecular complexity index is 856. The van der Waals surface area contributed by atoms with Crippen LogP contribution >= 0.6 is 0 Å². The number of hydrogen-bond donors (Lipinski definition) is 1. The van der Waals surface area contributed by atoms with Gasteiger partial charge in [-0.3, -0.25) is 4.79 Å². The Morgan fingerprint density at radius 1 is 0.914 bits per heavy atom. The summed E-state index contributed by atoms with van der Waals surface area (Å²) in [4.78, 5) is 12.6. The van der Waals surface area contributed by atoms with Crippen LogP contribution in [0.4, 0.5) is 26.3 Å². The lowest BCUT2D eigenvalue weighted by Gasteiger charge is -2.49. The highest BCUT2D eigenvalue weighted by molar-refractivity contribution is 7.89. The number of carbonyl (C=O) groups excluding carboxylic acids is 1. The summed E-state index contributed by atoms with van der Waals surface area (Å²) in [6, 6.07) is -1.62. The first-order chi connectivity index (χ1) is 16.4. The highest BCUT2D eigenvalue weighted by Crippen LogP contribution is 2.40. The van der Waals surface area contributed by atoms with Gasteiger partial charge in [0.25, 0.3) is 0 Å². The normalized spacial score (nSPS) is 41.7. The van der Waals surface area contributed by atoms with Gasteiger partial charge in [-0.2, -0.15) is 17.5 Å². The van der Waals surface area contributed by atoms with Gasteiger partial charge in [-0.05, 0) is 64.2 Å². The molecule has 4 aliphatic rings. The van der Waals surface area contributed by atoms with E-state index in [1.54, 1.807) is 0 Å². The Hall–Kier alpha value is -1.08. The second-order valence-electron chi connectivity index (χ2n) is 10.3. The molecule has 0 bridgehead atoms. The van der Waals surface area contributed by atoms with Crippen LogP contribution in [-0.4, -0.2) is 79.4 Å².